The van der Waals surface area contributed by atoms with Gasteiger partial charge in [0.15, 0.2) is 0 Å². The van der Waals surface area contributed by atoms with Crippen LogP contribution in [-0.4, -0.2) is 6.26 Å². The Morgan fingerprint density at radius 1 is 0.857 bits per heavy atom. The monoisotopic (exact) mass is 293 g/mol. The molecule has 0 bridgehead atoms. The third-order valence-electron chi connectivity index (χ3n) is 3.77. The molecule has 0 saturated heterocycles. The summed E-state index contributed by atoms with van der Waals surface area (Å²) < 4.78 is 0. The first kappa shape index (κ1) is 14.0. The second-order valence-electron chi connectivity index (χ2n) is 5.13. The Morgan fingerprint density at radius 3 is 2.43 bits per heavy atom. The van der Waals surface area contributed by atoms with Crippen molar-refractivity contribution in [2.75, 3.05) is 11.6 Å². The zero-order valence-electron chi connectivity index (χ0n) is 12.3. The van der Waals surface area contributed by atoms with Crippen molar-refractivity contribution < 1.29 is 0 Å². The van der Waals surface area contributed by atoms with Gasteiger partial charge in [0.05, 0.1) is 0 Å². The van der Waals surface area contributed by atoms with Crippen LogP contribution in [0.15, 0.2) is 71.6 Å². The van der Waals surface area contributed by atoms with E-state index in [1.165, 1.54) is 26.9 Å². The lowest BCUT2D eigenvalue weighted by Crippen LogP contribution is -2.07. The molecule has 0 aromatic heterocycles. The summed E-state index contributed by atoms with van der Waals surface area (Å²) in [6, 6.07) is 23.8. The van der Waals surface area contributed by atoms with Gasteiger partial charge in [-0.25, -0.2) is 0 Å². The summed E-state index contributed by atoms with van der Waals surface area (Å²) in [4.78, 5) is 1.28. The lowest BCUT2D eigenvalue weighted by Gasteiger charge is -2.19. The molecule has 106 valence electrons. The first-order valence-electron chi connectivity index (χ1n) is 7.17. The summed E-state index contributed by atoms with van der Waals surface area (Å²) in [6.07, 6.45) is 2.11. The Kier molecular flexibility index (Phi) is 4.16. The Hall–Kier alpha value is -1.93. The Morgan fingerprint density at radius 2 is 1.57 bits per heavy atom. The molecule has 0 heterocycles. The van der Waals surface area contributed by atoms with E-state index in [4.69, 9.17) is 0 Å². The SMILES string of the molecule is CSc1ccccc1NC(C)c1cccc2ccccc12. The van der Waals surface area contributed by atoms with E-state index in [2.05, 4.69) is 85.2 Å². The predicted octanol–water partition coefficient (Wildman–Crippen LogP) is 5.73. The van der Waals surface area contributed by atoms with Crippen LogP contribution in [0.25, 0.3) is 10.8 Å². The van der Waals surface area contributed by atoms with Gasteiger partial charge in [0.25, 0.3) is 0 Å². The second-order valence-corrected chi connectivity index (χ2v) is 5.98. The Bertz CT molecular complexity index is 746. The molecule has 21 heavy (non-hydrogen) atoms. The maximum Gasteiger partial charge on any atom is 0.0492 e. The molecule has 0 fully saturated rings. The van der Waals surface area contributed by atoms with Gasteiger partial charge in [0, 0.05) is 16.6 Å². The average Bonchev–Trinajstić information content (AvgIpc) is 2.54. The van der Waals surface area contributed by atoms with E-state index in [0.717, 1.165) is 0 Å². The van der Waals surface area contributed by atoms with Crippen molar-refractivity contribution in [2.45, 2.75) is 17.9 Å². The highest BCUT2D eigenvalue weighted by molar-refractivity contribution is 7.98. The number of rotatable bonds is 4. The largest absolute Gasteiger partial charge is 0.378 e. The van der Waals surface area contributed by atoms with Crippen LogP contribution in [-0.2, 0) is 0 Å². The van der Waals surface area contributed by atoms with Crippen molar-refractivity contribution in [3.05, 3.63) is 72.3 Å². The standard InChI is InChI=1S/C19H19NS/c1-14(20-18-12-5-6-13-19(18)21-2)16-11-7-9-15-8-3-4-10-17(15)16/h3-14,20H,1-2H3. The molecule has 0 amide bonds. The topological polar surface area (TPSA) is 12.0 Å². The van der Waals surface area contributed by atoms with Crippen molar-refractivity contribution in [2.24, 2.45) is 0 Å². The normalized spacial score (nSPS) is 12.3. The zero-order valence-corrected chi connectivity index (χ0v) is 13.2. The highest BCUT2D eigenvalue weighted by Gasteiger charge is 2.10. The zero-order chi connectivity index (χ0) is 14.7. The number of fused-ring (bicyclic) bond motifs is 1. The average molecular weight is 293 g/mol. The summed E-state index contributed by atoms with van der Waals surface area (Å²) >= 11 is 1.77. The van der Waals surface area contributed by atoms with E-state index in [1.54, 1.807) is 11.8 Å². The molecule has 0 radical (unpaired) electrons. The van der Waals surface area contributed by atoms with Gasteiger partial charge in [0.1, 0.15) is 0 Å². The van der Waals surface area contributed by atoms with Gasteiger partial charge in [-0.1, -0.05) is 54.6 Å². The van der Waals surface area contributed by atoms with Gasteiger partial charge in [-0.2, -0.15) is 0 Å². The summed E-state index contributed by atoms with van der Waals surface area (Å²) in [5.41, 5.74) is 2.54. The van der Waals surface area contributed by atoms with Crippen LogP contribution >= 0.6 is 11.8 Å². The minimum atomic E-state index is 0.268. The van der Waals surface area contributed by atoms with Crippen LogP contribution in [0.3, 0.4) is 0 Å². The number of nitrogens with one attached hydrogen (secondary N) is 1. The van der Waals surface area contributed by atoms with E-state index in [-0.39, 0.29) is 6.04 Å². The molecule has 0 aliphatic carbocycles. The minimum absolute atomic E-state index is 0.268. The van der Waals surface area contributed by atoms with Crippen molar-refractivity contribution in [3.63, 3.8) is 0 Å². The van der Waals surface area contributed by atoms with Gasteiger partial charge in [-0.15, -0.1) is 11.8 Å². The van der Waals surface area contributed by atoms with Gasteiger partial charge in [0.2, 0.25) is 0 Å². The minimum Gasteiger partial charge on any atom is -0.378 e. The van der Waals surface area contributed by atoms with Crippen LogP contribution in [0, 0.1) is 0 Å². The van der Waals surface area contributed by atoms with Crippen molar-refractivity contribution in [1.82, 2.24) is 0 Å². The highest BCUT2D eigenvalue weighted by atomic mass is 32.2. The fraction of sp³-hybridized carbons (Fsp3) is 0.158. The van der Waals surface area contributed by atoms with Crippen LogP contribution in [0.1, 0.15) is 18.5 Å². The molecule has 1 nitrogen and oxygen atoms in total. The van der Waals surface area contributed by atoms with E-state index >= 15 is 0 Å². The van der Waals surface area contributed by atoms with Crippen LogP contribution in [0.5, 0.6) is 0 Å². The summed E-state index contributed by atoms with van der Waals surface area (Å²) in [5, 5.41) is 6.26. The molecule has 1 unspecified atom stereocenters. The fourth-order valence-corrected chi connectivity index (χ4v) is 3.26. The molecule has 0 aliphatic heterocycles. The predicted molar refractivity (Wildman–Crippen MR) is 94.2 cm³/mol. The Balaban J connectivity index is 1.96. The van der Waals surface area contributed by atoms with Gasteiger partial charge in [-0.3, -0.25) is 0 Å². The lowest BCUT2D eigenvalue weighted by molar-refractivity contribution is 0.889. The maximum absolute atomic E-state index is 3.65. The smallest absolute Gasteiger partial charge is 0.0492 e. The molecule has 0 saturated carbocycles. The number of hydrogen-bond acceptors (Lipinski definition) is 2. The number of thioether (sulfide) groups is 1. The number of anilines is 1. The van der Waals surface area contributed by atoms with Gasteiger partial charge < -0.3 is 5.32 Å². The van der Waals surface area contributed by atoms with Crippen molar-refractivity contribution in [1.29, 1.82) is 0 Å². The molecule has 3 aromatic carbocycles. The Labute approximate surface area is 130 Å². The molecule has 0 aliphatic rings. The third-order valence-corrected chi connectivity index (χ3v) is 4.56. The molecule has 1 atom stereocenters. The number of hydrogen-bond donors (Lipinski definition) is 1. The number of para-hydroxylation sites is 1. The summed E-state index contributed by atoms with van der Waals surface area (Å²) in [7, 11) is 0. The fourth-order valence-electron chi connectivity index (χ4n) is 2.70. The quantitative estimate of drug-likeness (QED) is 0.616. The van der Waals surface area contributed by atoms with Crippen LogP contribution in [0.2, 0.25) is 0 Å². The first-order valence-corrected chi connectivity index (χ1v) is 8.39. The molecule has 0 spiro atoms. The van der Waals surface area contributed by atoms with Crippen LogP contribution < -0.4 is 5.32 Å². The van der Waals surface area contributed by atoms with E-state index < -0.39 is 0 Å². The second kappa shape index (κ2) is 6.23. The molecule has 3 aromatic rings. The van der Waals surface area contributed by atoms with Gasteiger partial charge >= 0.3 is 0 Å². The van der Waals surface area contributed by atoms with Crippen molar-refractivity contribution in [3.8, 4) is 0 Å². The molecular weight excluding hydrogens is 274 g/mol. The summed E-state index contributed by atoms with van der Waals surface area (Å²) in [5.74, 6) is 0. The highest BCUT2D eigenvalue weighted by Crippen LogP contribution is 2.30. The summed E-state index contributed by atoms with van der Waals surface area (Å²) in [6.45, 7) is 2.22. The maximum atomic E-state index is 3.65. The molecule has 2 heteroatoms. The molecule has 3 rings (SSSR count). The van der Waals surface area contributed by atoms with E-state index in [0.29, 0.717) is 0 Å². The molecule has 1 N–H and O–H groups in total. The molecular formula is C19H19NS. The first-order chi connectivity index (χ1) is 10.3. The lowest BCUT2D eigenvalue weighted by atomic mass is 9.99. The van der Waals surface area contributed by atoms with Crippen LogP contribution in [0.4, 0.5) is 5.69 Å². The third kappa shape index (κ3) is 2.91. The van der Waals surface area contributed by atoms with Crippen molar-refractivity contribution >= 4 is 28.2 Å². The number of benzene rings is 3. The van der Waals surface area contributed by atoms with Gasteiger partial charge in [-0.05, 0) is 41.6 Å². The van der Waals surface area contributed by atoms with E-state index in [9.17, 15) is 0 Å². The van der Waals surface area contributed by atoms with E-state index in [1.807, 2.05) is 0 Å².